The largest absolute Gasteiger partial charge is 0.462 e. The van der Waals surface area contributed by atoms with E-state index in [1.165, 1.54) is 276 Å². The second kappa shape index (κ2) is 68.1. The Morgan fingerprint density at radius 3 is 0.734 bits per heavy atom. The van der Waals surface area contributed by atoms with Crippen LogP contribution < -0.4 is 0 Å². The van der Waals surface area contributed by atoms with Crippen LogP contribution >= 0.6 is 0 Å². The number of rotatable bonds is 66. The zero-order valence-corrected chi connectivity index (χ0v) is 53.4. The molecule has 0 aromatic rings. The molecule has 0 saturated heterocycles. The molecule has 0 N–H and O–H groups in total. The maximum atomic E-state index is 12.9. The maximum absolute atomic E-state index is 12.9. The highest BCUT2D eigenvalue weighted by Crippen LogP contribution is 2.19. The molecule has 0 aliphatic carbocycles. The van der Waals surface area contributed by atoms with Gasteiger partial charge in [-0.1, -0.05) is 353 Å². The van der Waals surface area contributed by atoms with Crippen LogP contribution in [0.4, 0.5) is 0 Å². The van der Waals surface area contributed by atoms with Crippen molar-refractivity contribution in [3.05, 3.63) is 36.5 Å². The Morgan fingerprint density at radius 2 is 0.456 bits per heavy atom. The molecule has 0 aliphatic rings. The Balaban J connectivity index is 4.03. The Kier molecular flexibility index (Phi) is 66.1. The lowest BCUT2D eigenvalue weighted by molar-refractivity contribution is -0.167. The number of hydrogen-bond donors (Lipinski definition) is 0. The van der Waals surface area contributed by atoms with Gasteiger partial charge in [0.15, 0.2) is 6.10 Å². The molecule has 0 saturated carbocycles. The van der Waals surface area contributed by atoms with Gasteiger partial charge in [-0.25, -0.2) is 0 Å². The summed E-state index contributed by atoms with van der Waals surface area (Å²) in [6, 6.07) is 0. The molecule has 464 valence electrons. The second-order valence-electron chi connectivity index (χ2n) is 24.2. The molecule has 79 heavy (non-hydrogen) atoms. The smallest absolute Gasteiger partial charge is 0.306 e. The summed E-state index contributed by atoms with van der Waals surface area (Å²) in [7, 11) is 0. The third-order valence-electron chi connectivity index (χ3n) is 16.1. The van der Waals surface area contributed by atoms with E-state index in [-0.39, 0.29) is 31.1 Å². The van der Waals surface area contributed by atoms with E-state index in [2.05, 4.69) is 57.2 Å². The van der Waals surface area contributed by atoms with Gasteiger partial charge < -0.3 is 14.2 Å². The summed E-state index contributed by atoms with van der Waals surface area (Å²) in [4.78, 5) is 38.2. The number of allylic oxidation sites excluding steroid dienone is 6. The van der Waals surface area contributed by atoms with Crippen LogP contribution in [0.5, 0.6) is 0 Å². The molecule has 0 bridgehead atoms. The van der Waals surface area contributed by atoms with E-state index in [0.717, 1.165) is 77.0 Å². The summed E-state index contributed by atoms with van der Waals surface area (Å²) in [5.41, 5.74) is 0. The fraction of sp³-hybridized carbons (Fsp3) is 0.877. The van der Waals surface area contributed by atoms with E-state index in [0.29, 0.717) is 19.3 Å². The van der Waals surface area contributed by atoms with Crippen LogP contribution in [-0.2, 0) is 28.6 Å². The fourth-order valence-electron chi connectivity index (χ4n) is 10.8. The minimum absolute atomic E-state index is 0.0726. The first kappa shape index (κ1) is 76.6. The molecular weight excluding hydrogens is 973 g/mol. The van der Waals surface area contributed by atoms with E-state index >= 15 is 0 Å². The molecule has 0 fully saturated rings. The van der Waals surface area contributed by atoms with E-state index in [9.17, 15) is 14.4 Å². The van der Waals surface area contributed by atoms with Crippen molar-refractivity contribution in [2.24, 2.45) is 0 Å². The zero-order valence-electron chi connectivity index (χ0n) is 53.4. The average molecular weight is 1110 g/mol. The Morgan fingerprint density at radius 1 is 0.253 bits per heavy atom. The predicted octanol–water partition coefficient (Wildman–Crippen LogP) is 24.3. The molecule has 1 atom stereocenters. The van der Waals surface area contributed by atoms with Crippen molar-refractivity contribution in [1.82, 2.24) is 0 Å². The average Bonchev–Trinajstić information content (AvgIpc) is 3.45. The maximum Gasteiger partial charge on any atom is 0.306 e. The first-order valence-electron chi connectivity index (χ1n) is 35.5. The molecule has 6 heteroatoms. The highest BCUT2D eigenvalue weighted by molar-refractivity contribution is 5.71. The molecule has 0 rings (SSSR count). The third-order valence-corrected chi connectivity index (χ3v) is 16.1. The first-order chi connectivity index (χ1) is 39.0. The molecule has 6 nitrogen and oxygen atoms in total. The molecule has 0 amide bonds. The van der Waals surface area contributed by atoms with Crippen LogP contribution in [0.25, 0.3) is 0 Å². The van der Waals surface area contributed by atoms with Crippen LogP contribution in [0.2, 0.25) is 0 Å². The number of ether oxygens (including phenoxy) is 3. The Bertz CT molecular complexity index is 1320. The van der Waals surface area contributed by atoms with Crippen molar-refractivity contribution in [3.8, 4) is 0 Å². The van der Waals surface area contributed by atoms with Gasteiger partial charge in [-0.15, -0.1) is 0 Å². The van der Waals surface area contributed by atoms with Crippen LogP contribution in [0.15, 0.2) is 36.5 Å². The molecule has 0 radical (unpaired) electrons. The summed E-state index contributed by atoms with van der Waals surface area (Å²) in [5.74, 6) is -0.864. The number of unbranched alkanes of at least 4 members (excludes halogenated alkanes) is 49. The van der Waals surface area contributed by atoms with Gasteiger partial charge in [-0.3, -0.25) is 14.4 Å². The fourth-order valence-corrected chi connectivity index (χ4v) is 10.8. The lowest BCUT2D eigenvalue weighted by atomic mass is 10.0. The summed E-state index contributed by atoms with van der Waals surface area (Å²) >= 11 is 0. The summed E-state index contributed by atoms with van der Waals surface area (Å²) in [5, 5.41) is 0. The summed E-state index contributed by atoms with van der Waals surface area (Å²) < 4.78 is 16.9. The quantitative estimate of drug-likeness (QED) is 0.0261. The third kappa shape index (κ3) is 66.3. The molecule has 0 aromatic heterocycles. The monoisotopic (exact) mass is 1110 g/mol. The number of esters is 3. The van der Waals surface area contributed by atoms with Gasteiger partial charge >= 0.3 is 17.9 Å². The molecule has 0 spiro atoms. The molecule has 0 aromatic carbocycles. The standard InChI is InChI=1S/C73H136O6/c1-4-7-10-13-16-19-21-23-25-27-29-30-31-32-33-34-35-36-37-38-39-40-41-42-44-45-47-49-51-54-57-60-63-66-72(75)78-69-70(68-77-71(74)65-62-59-56-53-18-15-12-9-6-3)79-73(76)67-64-61-58-55-52-50-48-46-43-28-26-24-22-20-17-14-11-8-5-2/h17,20,24,26,43,46,70H,4-16,18-19,21-23,25,27-42,44-45,47-69H2,1-3H3/b20-17-,26-24-,46-43-. The minimum atomic E-state index is -0.776. The highest BCUT2D eigenvalue weighted by atomic mass is 16.6. The van der Waals surface area contributed by atoms with Gasteiger partial charge in [0.05, 0.1) is 0 Å². The minimum Gasteiger partial charge on any atom is -0.462 e. The van der Waals surface area contributed by atoms with Gasteiger partial charge in [0, 0.05) is 19.3 Å². The van der Waals surface area contributed by atoms with Gasteiger partial charge in [0.2, 0.25) is 0 Å². The number of carbonyl (C=O) groups excluding carboxylic acids is 3. The molecule has 0 aliphatic heterocycles. The lowest BCUT2D eigenvalue weighted by Gasteiger charge is -2.18. The van der Waals surface area contributed by atoms with Crippen LogP contribution in [0.3, 0.4) is 0 Å². The van der Waals surface area contributed by atoms with E-state index in [1.807, 2.05) is 0 Å². The SMILES string of the molecule is CCCCC/C=C\C/C=C\C/C=C\CCCCCCCCC(=O)OC(COC(=O)CCCCCCCCCCC)COC(=O)CCCCCCCCCCCCCCCCCCCCCCCCCCCCCCCCCCC. The van der Waals surface area contributed by atoms with Crippen molar-refractivity contribution in [2.75, 3.05) is 13.2 Å². The van der Waals surface area contributed by atoms with Crippen LogP contribution in [-0.4, -0.2) is 37.2 Å². The Labute approximate surface area is 493 Å². The van der Waals surface area contributed by atoms with E-state index in [1.54, 1.807) is 0 Å². The van der Waals surface area contributed by atoms with Gasteiger partial charge in [-0.2, -0.15) is 0 Å². The van der Waals surface area contributed by atoms with Gasteiger partial charge in [-0.05, 0) is 57.8 Å². The summed E-state index contributed by atoms with van der Waals surface area (Å²) in [6.07, 6.45) is 84.9. The van der Waals surface area contributed by atoms with Gasteiger partial charge in [0.1, 0.15) is 13.2 Å². The number of hydrogen-bond acceptors (Lipinski definition) is 6. The normalized spacial score (nSPS) is 12.2. The zero-order chi connectivity index (χ0) is 57.1. The molecule has 0 heterocycles. The second-order valence-corrected chi connectivity index (χ2v) is 24.2. The van der Waals surface area contributed by atoms with Crippen molar-refractivity contribution in [2.45, 2.75) is 399 Å². The van der Waals surface area contributed by atoms with Crippen molar-refractivity contribution in [1.29, 1.82) is 0 Å². The van der Waals surface area contributed by atoms with Crippen LogP contribution in [0, 0.1) is 0 Å². The van der Waals surface area contributed by atoms with Crippen molar-refractivity contribution in [3.63, 3.8) is 0 Å². The molecule has 1 unspecified atom stereocenters. The first-order valence-corrected chi connectivity index (χ1v) is 35.5. The number of carbonyl (C=O) groups is 3. The van der Waals surface area contributed by atoms with Gasteiger partial charge in [0.25, 0.3) is 0 Å². The molecular formula is C73H136O6. The lowest BCUT2D eigenvalue weighted by Crippen LogP contribution is -2.30. The topological polar surface area (TPSA) is 78.9 Å². The van der Waals surface area contributed by atoms with Crippen LogP contribution in [0.1, 0.15) is 393 Å². The van der Waals surface area contributed by atoms with E-state index in [4.69, 9.17) is 14.2 Å². The van der Waals surface area contributed by atoms with E-state index < -0.39 is 6.10 Å². The summed E-state index contributed by atoms with van der Waals surface area (Å²) in [6.45, 7) is 6.65. The predicted molar refractivity (Wildman–Crippen MR) is 344 cm³/mol. The van der Waals surface area contributed by atoms with Crippen molar-refractivity contribution < 1.29 is 28.6 Å². The highest BCUT2D eigenvalue weighted by Gasteiger charge is 2.19. The van der Waals surface area contributed by atoms with Crippen molar-refractivity contribution >= 4 is 17.9 Å². The Hall–Kier alpha value is -2.37.